The van der Waals surface area contributed by atoms with Crippen molar-refractivity contribution in [3.8, 4) is 11.5 Å². The largest absolute Gasteiger partial charge is 0.493 e. The van der Waals surface area contributed by atoms with Gasteiger partial charge in [0.25, 0.3) is 0 Å². The first kappa shape index (κ1) is 14.3. The molecule has 0 unspecified atom stereocenters. The minimum absolute atomic E-state index is 0.478. The van der Waals surface area contributed by atoms with E-state index in [0.717, 1.165) is 30.2 Å². The van der Waals surface area contributed by atoms with Gasteiger partial charge >= 0.3 is 0 Å². The summed E-state index contributed by atoms with van der Waals surface area (Å²) in [4.78, 5) is 0. The highest BCUT2D eigenvalue weighted by Gasteiger charge is 2.03. The fourth-order valence-corrected chi connectivity index (χ4v) is 1.48. The molecule has 0 fully saturated rings. The summed E-state index contributed by atoms with van der Waals surface area (Å²) in [6, 6.07) is 5.87. The lowest BCUT2D eigenvalue weighted by atomic mass is 10.2. The number of methoxy groups -OCH3 is 1. The van der Waals surface area contributed by atoms with Crippen LogP contribution in [-0.4, -0.2) is 26.8 Å². The van der Waals surface area contributed by atoms with Crippen LogP contribution in [0.5, 0.6) is 11.5 Å². The maximum Gasteiger partial charge on any atom is 0.161 e. The summed E-state index contributed by atoms with van der Waals surface area (Å²) in [6.45, 7) is 8.03. The van der Waals surface area contributed by atoms with Gasteiger partial charge in [-0.25, -0.2) is 0 Å². The number of ether oxygens (including phenoxy) is 2. The Morgan fingerprint density at radius 3 is 2.83 bits per heavy atom. The maximum absolute atomic E-state index is 5.50. The number of rotatable bonds is 8. The van der Waals surface area contributed by atoms with Crippen LogP contribution in [0.25, 0.3) is 6.08 Å². The normalized spacial score (nSPS) is 10.6. The van der Waals surface area contributed by atoms with Crippen molar-refractivity contribution in [2.24, 2.45) is 0 Å². The molecule has 0 amide bonds. The molecule has 0 saturated carbocycles. The quantitative estimate of drug-likeness (QED) is 0.566. The highest BCUT2D eigenvalue weighted by Crippen LogP contribution is 2.28. The lowest BCUT2D eigenvalue weighted by Crippen LogP contribution is -2.11. The predicted molar refractivity (Wildman–Crippen MR) is 76.3 cm³/mol. The molecule has 0 aliphatic heterocycles. The summed E-state index contributed by atoms with van der Waals surface area (Å²) >= 11 is 0. The Labute approximate surface area is 109 Å². The third kappa shape index (κ3) is 4.63. The Kier molecular flexibility index (Phi) is 6.66. The van der Waals surface area contributed by atoms with Crippen LogP contribution in [0.3, 0.4) is 0 Å². The average molecular weight is 247 g/mol. The fraction of sp³-hybridized carbons (Fsp3) is 0.333. The minimum Gasteiger partial charge on any atom is -0.493 e. The number of benzene rings is 1. The summed E-state index contributed by atoms with van der Waals surface area (Å²) < 4.78 is 10.8. The number of hydrogen-bond acceptors (Lipinski definition) is 3. The summed E-state index contributed by atoms with van der Waals surface area (Å²) in [5.74, 6) is 1.48. The number of likely N-dealkylation sites (N-methyl/N-ethyl adjacent to an activating group) is 1. The van der Waals surface area contributed by atoms with Gasteiger partial charge in [0.15, 0.2) is 11.5 Å². The monoisotopic (exact) mass is 247 g/mol. The molecule has 3 nitrogen and oxygen atoms in total. The topological polar surface area (TPSA) is 30.5 Å². The molecule has 0 aliphatic carbocycles. The Morgan fingerprint density at radius 1 is 1.33 bits per heavy atom. The third-order valence-corrected chi connectivity index (χ3v) is 2.37. The minimum atomic E-state index is 0.478. The molecular formula is C15H21NO2. The van der Waals surface area contributed by atoms with Crippen molar-refractivity contribution in [2.45, 2.75) is 6.92 Å². The van der Waals surface area contributed by atoms with E-state index in [9.17, 15) is 0 Å². The zero-order chi connectivity index (χ0) is 13.2. The molecular weight excluding hydrogens is 226 g/mol. The van der Waals surface area contributed by atoms with Crippen molar-refractivity contribution in [1.82, 2.24) is 5.32 Å². The summed E-state index contributed by atoms with van der Waals surface area (Å²) in [6.07, 6.45) is 5.86. The average Bonchev–Trinajstić information content (AvgIpc) is 2.41. The van der Waals surface area contributed by atoms with E-state index in [2.05, 4.69) is 31.0 Å². The van der Waals surface area contributed by atoms with E-state index in [0.29, 0.717) is 6.61 Å². The van der Waals surface area contributed by atoms with Gasteiger partial charge in [-0.2, -0.15) is 0 Å². The Balaban J connectivity index is 2.71. The van der Waals surface area contributed by atoms with Crippen LogP contribution in [-0.2, 0) is 0 Å². The van der Waals surface area contributed by atoms with Crippen molar-refractivity contribution in [3.05, 3.63) is 42.5 Å². The van der Waals surface area contributed by atoms with E-state index in [-0.39, 0.29) is 0 Å². The fourth-order valence-electron chi connectivity index (χ4n) is 1.48. The van der Waals surface area contributed by atoms with E-state index in [1.807, 2.05) is 18.2 Å². The maximum atomic E-state index is 5.50. The summed E-state index contributed by atoms with van der Waals surface area (Å²) in [5.41, 5.74) is 1.09. The third-order valence-electron chi connectivity index (χ3n) is 2.37. The molecule has 1 aromatic carbocycles. The standard InChI is InChI=1S/C15H21NO2/c1-4-11-18-14-9-8-13(12-15(14)17-3)7-6-10-16-5-2/h4,6-9,12,16H,1,5,10-11H2,2-3H3. The van der Waals surface area contributed by atoms with Crippen molar-refractivity contribution in [2.75, 3.05) is 26.8 Å². The molecule has 1 aromatic rings. The number of nitrogens with one attached hydrogen (secondary N) is 1. The van der Waals surface area contributed by atoms with Crippen molar-refractivity contribution in [1.29, 1.82) is 0 Å². The molecule has 0 aromatic heterocycles. The molecule has 0 atom stereocenters. The predicted octanol–water partition coefficient (Wildman–Crippen LogP) is 2.88. The van der Waals surface area contributed by atoms with E-state index in [4.69, 9.17) is 9.47 Å². The Morgan fingerprint density at radius 2 is 2.17 bits per heavy atom. The van der Waals surface area contributed by atoms with Gasteiger partial charge < -0.3 is 14.8 Å². The molecule has 0 aliphatic rings. The van der Waals surface area contributed by atoms with E-state index < -0.39 is 0 Å². The first-order valence-electron chi connectivity index (χ1n) is 6.10. The summed E-state index contributed by atoms with van der Waals surface area (Å²) in [7, 11) is 1.64. The van der Waals surface area contributed by atoms with Gasteiger partial charge in [-0.05, 0) is 24.2 Å². The molecule has 3 heteroatoms. The van der Waals surface area contributed by atoms with Crippen LogP contribution in [0.4, 0.5) is 0 Å². The van der Waals surface area contributed by atoms with Crippen molar-refractivity contribution < 1.29 is 9.47 Å². The van der Waals surface area contributed by atoms with Crippen molar-refractivity contribution >= 4 is 6.08 Å². The van der Waals surface area contributed by atoms with E-state index in [1.54, 1.807) is 13.2 Å². The van der Waals surface area contributed by atoms with Gasteiger partial charge in [0, 0.05) is 6.54 Å². The molecule has 1 N–H and O–H groups in total. The van der Waals surface area contributed by atoms with Gasteiger partial charge in [0.1, 0.15) is 6.61 Å². The van der Waals surface area contributed by atoms with Crippen LogP contribution in [0, 0.1) is 0 Å². The van der Waals surface area contributed by atoms with E-state index >= 15 is 0 Å². The Bertz CT molecular complexity index is 399. The molecule has 0 spiro atoms. The molecule has 18 heavy (non-hydrogen) atoms. The van der Waals surface area contributed by atoms with Gasteiger partial charge in [0.2, 0.25) is 0 Å². The lowest BCUT2D eigenvalue weighted by molar-refractivity contribution is 0.326. The zero-order valence-corrected chi connectivity index (χ0v) is 11.1. The highest BCUT2D eigenvalue weighted by atomic mass is 16.5. The van der Waals surface area contributed by atoms with Gasteiger partial charge in [-0.3, -0.25) is 0 Å². The SMILES string of the molecule is C=CCOc1ccc(C=CCNCC)cc1OC. The molecule has 1 rings (SSSR count). The second-order valence-electron chi connectivity index (χ2n) is 3.72. The molecule has 0 saturated heterocycles. The lowest BCUT2D eigenvalue weighted by Gasteiger charge is -2.09. The molecule has 0 radical (unpaired) electrons. The highest BCUT2D eigenvalue weighted by molar-refractivity contribution is 5.56. The first-order chi connectivity index (χ1) is 8.81. The van der Waals surface area contributed by atoms with Gasteiger partial charge in [0.05, 0.1) is 7.11 Å². The Hall–Kier alpha value is -1.74. The van der Waals surface area contributed by atoms with Crippen LogP contribution in [0.1, 0.15) is 12.5 Å². The second kappa shape index (κ2) is 8.37. The van der Waals surface area contributed by atoms with Crippen LogP contribution in [0.2, 0.25) is 0 Å². The van der Waals surface area contributed by atoms with Crippen LogP contribution in [0.15, 0.2) is 36.9 Å². The van der Waals surface area contributed by atoms with E-state index in [1.165, 1.54) is 0 Å². The summed E-state index contributed by atoms with van der Waals surface area (Å²) in [5, 5.41) is 3.23. The van der Waals surface area contributed by atoms with Crippen molar-refractivity contribution in [3.63, 3.8) is 0 Å². The number of hydrogen-bond donors (Lipinski definition) is 1. The molecule has 0 bridgehead atoms. The molecule has 0 heterocycles. The zero-order valence-electron chi connectivity index (χ0n) is 11.1. The smallest absolute Gasteiger partial charge is 0.161 e. The van der Waals surface area contributed by atoms with Crippen LogP contribution < -0.4 is 14.8 Å². The van der Waals surface area contributed by atoms with Crippen LogP contribution >= 0.6 is 0 Å². The van der Waals surface area contributed by atoms with Gasteiger partial charge in [-0.1, -0.05) is 37.8 Å². The first-order valence-corrected chi connectivity index (χ1v) is 6.10. The second-order valence-corrected chi connectivity index (χ2v) is 3.72. The van der Waals surface area contributed by atoms with Gasteiger partial charge in [-0.15, -0.1) is 0 Å². The molecule has 98 valence electrons.